The SMILES string of the molecule is C=CCOc1c(Cl)cc(CN)cc1OC. The first kappa shape index (κ1) is 11.9. The van der Waals surface area contributed by atoms with Crippen molar-refractivity contribution in [2.24, 2.45) is 5.73 Å². The van der Waals surface area contributed by atoms with E-state index < -0.39 is 0 Å². The zero-order valence-electron chi connectivity index (χ0n) is 8.63. The third kappa shape index (κ3) is 2.88. The van der Waals surface area contributed by atoms with Crippen LogP contribution in [0.25, 0.3) is 0 Å². The summed E-state index contributed by atoms with van der Waals surface area (Å²) in [5.41, 5.74) is 6.43. The van der Waals surface area contributed by atoms with Crippen LogP contribution in [-0.2, 0) is 6.54 Å². The van der Waals surface area contributed by atoms with Crippen molar-refractivity contribution in [1.29, 1.82) is 0 Å². The molecule has 0 amide bonds. The van der Waals surface area contributed by atoms with E-state index in [1.54, 1.807) is 19.3 Å². The Morgan fingerprint density at radius 2 is 2.27 bits per heavy atom. The zero-order chi connectivity index (χ0) is 11.3. The Morgan fingerprint density at radius 3 is 2.80 bits per heavy atom. The normalized spacial score (nSPS) is 9.80. The molecule has 1 aromatic rings. The fraction of sp³-hybridized carbons (Fsp3) is 0.273. The highest BCUT2D eigenvalue weighted by Gasteiger charge is 2.10. The van der Waals surface area contributed by atoms with E-state index in [9.17, 15) is 0 Å². The lowest BCUT2D eigenvalue weighted by Crippen LogP contribution is -2.01. The molecule has 0 aromatic heterocycles. The number of hydrogen-bond acceptors (Lipinski definition) is 3. The fourth-order valence-corrected chi connectivity index (χ4v) is 1.46. The number of halogens is 1. The van der Waals surface area contributed by atoms with Gasteiger partial charge in [-0.1, -0.05) is 24.3 Å². The Labute approximate surface area is 94.4 Å². The number of benzene rings is 1. The molecule has 0 atom stereocenters. The second kappa shape index (κ2) is 5.63. The third-order valence-corrected chi connectivity index (χ3v) is 2.15. The molecule has 2 N–H and O–H groups in total. The molecule has 0 saturated heterocycles. The molecule has 0 radical (unpaired) electrons. The van der Waals surface area contributed by atoms with Crippen molar-refractivity contribution in [2.75, 3.05) is 13.7 Å². The summed E-state index contributed by atoms with van der Waals surface area (Å²) in [6.45, 7) is 4.37. The van der Waals surface area contributed by atoms with Crippen LogP contribution in [0.3, 0.4) is 0 Å². The van der Waals surface area contributed by atoms with Gasteiger partial charge in [0, 0.05) is 6.54 Å². The fourth-order valence-electron chi connectivity index (χ4n) is 1.17. The van der Waals surface area contributed by atoms with Gasteiger partial charge in [-0.15, -0.1) is 0 Å². The first-order valence-electron chi connectivity index (χ1n) is 4.53. The van der Waals surface area contributed by atoms with E-state index in [1.807, 2.05) is 6.07 Å². The molecule has 0 fully saturated rings. The molecule has 0 unspecified atom stereocenters. The first-order chi connectivity index (χ1) is 7.22. The van der Waals surface area contributed by atoms with Crippen molar-refractivity contribution in [2.45, 2.75) is 6.54 Å². The first-order valence-corrected chi connectivity index (χ1v) is 4.91. The molecule has 1 aromatic carbocycles. The Hall–Kier alpha value is -1.19. The summed E-state index contributed by atoms with van der Waals surface area (Å²) < 4.78 is 10.6. The molecule has 0 aliphatic carbocycles. The topological polar surface area (TPSA) is 44.5 Å². The smallest absolute Gasteiger partial charge is 0.180 e. The summed E-state index contributed by atoms with van der Waals surface area (Å²) in [5, 5.41) is 0.497. The Kier molecular flexibility index (Phi) is 4.46. The van der Waals surface area contributed by atoms with Gasteiger partial charge in [0.2, 0.25) is 0 Å². The maximum Gasteiger partial charge on any atom is 0.180 e. The van der Waals surface area contributed by atoms with Crippen LogP contribution in [0.4, 0.5) is 0 Å². The number of ether oxygens (including phenoxy) is 2. The molecule has 0 aliphatic heterocycles. The minimum Gasteiger partial charge on any atom is -0.493 e. The number of methoxy groups -OCH3 is 1. The summed E-state index contributed by atoms with van der Waals surface area (Å²) >= 11 is 6.03. The van der Waals surface area contributed by atoms with E-state index >= 15 is 0 Å². The highest BCUT2D eigenvalue weighted by Crippen LogP contribution is 2.36. The zero-order valence-corrected chi connectivity index (χ0v) is 9.38. The number of rotatable bonds is 5. The molecule has 0 spiro atoms. The largest absolute Gasteiger partial charge is 0.493 e. The molecule has 0 aliphatic rings. The van der Waals surface area contributed by atoms with Gasteiger partial charge < -0.3 is 15.2 Å². The average Bonchev–Trinajstić information content (AvgIpc) is 2.26. The van der Waals surface area contributed by atoms with Gasteiger partial charge in [0.05, 0.1) is 12.1 Å². The van der Waals surface area contributed by atoms with Gasteiger partial charge in [0.25, 0.3) is 0 Å². The van der Waals surface area contributed by atoms with Crippen LogP contribution in [0.15, 0.2) is 24.8 Å². The van der Waals surface area contributed by atoms with Crippen LogP contribution in [0, 0.1) is 0 Å². The maximum atomic E-state index is 6.03. The summed E-state index contributed by atoms with van der Waals surface area (Å²) in [7, 11) is 1.56. The van der Waals surface area contributed by atoms with E-state index in [4.69, 9.17) is 26.8 Å². The Morgan fingerprint density at radius 1 is 1.53 bits per heavy atom. The quantitative estimate of drug-likeness (QED) is 0.786. The Balaban J connectivity index is 3.06. The van der Waals surface area contributed by atoms with Gasteiger partial charge in [-0.25, -0.2) is 0 Å². The molecule has 1 rings (SSSR count). The summed E-state index contributed by atoms with van der Waals surface area (Å²) in [6.07, 6.45) is 1.65. The maximum absolute atomic E-state index is 6.03. The monoisotopic (exact) mass is 227 g/mol. The van der Waals surface area contributed by atoms with Crippen molar-refractivity contribution >= 4 is 11.6 Å². The van der Waals surface area contributed by atoms with Gasteiger partial charge in [-0.2, -0.15) is 0 Å². The second-order valence-electron chi connectivity index (χ2n) is 2.91. The van der Waals surface area contributed by atoms with Gasteiger partial charge in [-0.05, 0) is 17.7 Å². The van der Waals surface area contributed by atoms with Crippen LogP contribution < -0.4 is 15.2 Å². The van der Waals surface area contributed by atoms with E-state index in [1.165, 1.54) is 0 Å². The number of hydrogen-bond donors (Lipinski definition) is 1. The standard InChI is InChI=1S/C11H14ClNO2/c1-3-4-15-11-9(12)5-8(7-13)6-10(11)14-2/h3,5-6H,1,4,7,13H2,2H3. The molecule has 3 nitrogen and oxygen atoms in total. The molecule has 82 valence electrons. The summed E-state index contributed by atoms with van der Waals surface area (Å²) in [4.78, 5) is 0. The molecule has 0 heterocycles. The lowest BCUT2D eigenvalue weighted by atomic mass is 10.2. The van der Waals surface area contributed by atoms with Crippen LogP contribution in [0.2, 0.25) is 5.02 Å². The number of nitrogens with two attached hydrogens (primary N) is 1. The van der Waals surface area contributed by atoms with Crippen molar-refractivity contribution in [3.8, 4) is 11.5 Å². The predicted molar refractivity (Wildman–Crippen MR) is 61.6 cm³/mol. The molecule has 0 bridgehead atoms. The summed E-state index contributed by atoms with van der Waals surface area (Å²) in [6, 6.07) is 3.58. The molecular weight excluding hydrogens is 214 g/mol. The van der Waals surface area contributed by atoms with E-state index in [0.717, 1.165) is 5.56 Å². The van der Waals surface area contributed by atoms with Crippen molar-refractivity contribution in [3.05, 3.63) is 35.4 Å². The van der Waals surface area contributed by atoms with Crippen LogP contribution >= 0.6 is 11.6 Å². The average molecular weight is 228 g/mol. The summed E-state index contributed by atoms with van der Waals surface area (Å²) in [5.74, 6) is 1.11. The third-order valence-electron chi connectivity index (χ3n) is 1.87. The van der Waals surface area contributed by atoms with Crippen molar-refractivity contribution in [3.63, 3.8) is 0 Å². The molecule has 4 heteroatoms. The van der Waals surface area contributed by atoms with E-state index in [0.29, 0.717) is 29.7 Å². The van der Waals surface area contributed by atoms with E-state index in [-0.39, 0.29) is 0 Å². The Bertz CT molecular complexity index is 353. The van der Waals surface area contributed by atoms with Crippen LogP contribution in [0.5, 0.6) is 11.5 Å². The highest BCUT2D eigenvalue weighted by molar-refractivity contribution is 6.32. The lowest BCUT2D eigenvalue weighted by Gasteiger charge is -2.12. The molecule has 0 saturated carbocycles. The second-order valence-corrected chi connectivity index (χ2v) is 3.32. The van der Waals surface area contributed by atoms with Gasteiger partial charge >= 0.3 is 0 Å². The van der Waals surface area contributed by atoms with Crippen LogP contribution in [0.1, 0.15) is 5.56 Å². The lowest BCUT2D eigenvalue weighted by molar-refractivity contribution is 0.326. The predicted octanol–water partition coefficient (Wildman–Crippen LogP) is 2.37. The minimum absolute atomic E-state index is 0.387. The minimum atomic E-state index is 0.387. The van der Waals surface area contributed by atoms with Crippen molar-refractivity contribution in [1.82, 2.24) is 0 Å². The molecule has 15 heavy (non-hydrogen) atoms. The van der Waals surface area contributed by atoms with Crippen molar-refractivity contribution < 1.29 is 9.47 Å². The van der Waals surface area contributed by atoms with Gasteiger partial charge in [0.1, 0.15) is 6.61 Å². The molecular formula is C11H14ClNO2. The highest BCUT2D eigenvalue weighted by atomic mass is 35.5. The van der Waals surface area contributed by atoms with Gasteiger partial charge in [0.15, 0.2) is 11.5 Å². The van der Waals surface area contributed by atoms with E-state index in [2.05, 4.69) is 6.58 Å². The van der Waals surface area contributed by atoms with Gasteiger partial charge in [-0.3, -0.25) is 0 Å². The van der Waals surface area contributed by atoms with Crippen LogP contribution in [-0.4, -0.2) is 13.7 Å².